The minimum atomic E-state index is 0.0632. The van der Waals surface area contributed by atoms with Crippen LogP contribution in [0, 0.1) is 0 Å². The monoisotopic (exact) mass is 252 g/mol. The van der Waals surface area contributed by atoms with Gasteiger partial charge in [0.2, 0.25) is 0 Å². The summed E-state index contributed by atoms with van der Waals surface area (Å²) in [4.78, 5) is 19.3. The third-order valence-corrected chi connectivity index (χ3v) is 4.16. The van der Waals surface area contributed by atoms with Crippen molar-refractivity contribution in [3.63, 3.8) is 0 Å². The molecule has 2 aromatic rings. The van der Waals surface area contributed by atoms with E-state index in [-0.39, 0.29) is 5.41 Å². The van der Waals surface area contributed by atoms with Crippen molar-refractivity contribution in [2.45, 2.75) is 26.2 Å². The predicted octanol–water partition coefficient (Wildman–Crippen LogP) is 3.38. The van der Waals surface area contributed by atoms with Gasteiger partial charge in [0.15, 0.2) is 6.29 Å². The summed E-state index contributed by atoms with van der Waals surface area (Å²) in [5.41, 5.74) is 1.41. The zero-order chi connectivity index (χ0) is 11.8. The zero-order valence-electron chi connectivity index (χ0n) is 9.35. The molecule has 5 heteroatoms. The fraction of sp³-hybridized carbons (Fsp3) is 0.364. The van der Waals surface area contributed by atoms with Crippen molar-refractivity contribution in [3.05, 3.63) is 21.5 Å². The summed E-state index contributed by atoms with van der Waals surface area (Å²) < 4.78 is 0. The molecule has 0 aliphatic rings. The van der Waals surface area contributed by atoms with Gasteiger partial charge in [0, 0.05) is 16.2 Å². The van der Waals surface area contributed by atoms with Crippen LogP contribution in [-0.2, 0) is 5.41 Å². The summed E-state index contributed by atoms with van der Waals surface area (Å²) in [5, 5.41) is 5.64. The van der Waals surface area contributed by atoms with E-state index < -0.39 is 0 Å². The molecule has 0 saturated heterocycles. The number of thiazole rings is 2. The predicted molar refractivity (Wildman–Crippen MR) is 67.3 cm³/mol. The first-order chi connectivity index (χ1) is 7.50. The Hall–Kier alpha value is -1.07. The minimum Gasteiger partial charge on any atom is -0.296 e. The molecule has 2 aromatic heterocycles. The average Bonchev–Trinajstić information content (AvgIpc) is 2.85. The molecule has 0 N–H and O–H groups in total. The summed E-state index contributed by atoms with van der Waals surface area (Å²) in [5.74, 6) is 0. The van der Waals surface area contributed by atoms with E-state index in [0.717, 1.165) is 22.0 Å². The van der Waals surface area contributed by atoms with Crippen molar-refractivity contribution in [1.82, 2.24) is 9.97 Å². The van der Waals surface area contributed by atoms with E-state index in [1.807, 2.05) is 5.38 Å². The first-order valence-electron chi connectivity index (χ1n) is 4.88. The van der Waals surface area contributed by atoms with Crippen LogP contribution in [0.5, 0.6) is 0 Å². The van der Waals surface area contributed by atoms with Gasteiger partial charge in [0.1, 0.15) is 16.4 Å². The van der Waals surface area contributed by atoms with Gasteiger partial charge in [-0.15, -0.1) is 22.7 Å². The molecule has 0 atom stereocenters. The van der Waals surface area contributed by atoms with E-state index in [0.29, 0.717) is 5.69 Å². The van der Waals surface area contributed by atoms with Crippen LogP contribution in [0.25, 0.3) is 10.7 Å². The zero-order valence-corrected chi connectivity index (χ0v) is 11.0. The quantitative estimate of drug-likeness (QED) is 0.769. The maximum Gasteiger partial charge on any atom is 0.169 e. The molecule has 2 heterocycles. The van der Waals surface area contributed by atoms with Crippen molar-refractivity contribution in [2.24, 2.45) is 0 Å². The molecule has 0 aliphatic heterocycles. The maximum absolute atomic E-state index is 10.5. The molecule has 0 aliphatic carbocycles. The van der Waals surface area contributed by atoms with Gasteiger partial charge in [-0.2, -0.15) is 0 Å². The molecule has 0 saturated carbocycles. The number of aldehydes is 1. The second-order valence-electron chi connectivity index (χ2n) is 4.48. The molecule has 0 fully saturated rings. The van der Waals surface area contributed by atoms with Gasteiger partial charge in [-0.05, 0) is 0 Å². The Morgan fingerprint density at radius 2 is 1.94 bits per heavy atom. The van der Waals surface area contributed by atoms with Crippen LogP contribution >= 0.6 is 22.7 Å². The van der Waals surface area contributed by atoms with Gasteiger partial charge in [-0.1, -0.05) is 20.8 Å². The second-order valence-corrected chi connectivity index (χ2v) is 6.20. The Kier molecular flexibility index (Phi) is 2.90. The normalized spacial score (nSPS) is 11.7. The van der Waals surface area contributed by atoms with Crippen LogP contribution in [0.4, 0.5) is 0 Å². The van der Waals surface area contributed by atoms with E-state index in [1.54, 1.807) is 16.7 Å². The van der Waals surface area contributed by atoms with Crippen molar-refractivity contribution in [1.29, 1.82) is 0 Å². The summed E-state index contributed by atoms with van der Waals surface area (Å²) in [6.45, 7) is 6.40. The molecule has 3 nitrogen and oxygen atoms in total. The van der Waals surface area contributed by atoms with Crippen LogP contribution in [0.3, 0.4) is 0 Å². The van der Waals surface area contributed by atoms with Crippen molar-refractivity contribution >= 4 is 29.0 Å². The van der Waals surface area contributed by atoms with E-state index >= 15 is 0 Å². The molecule has 2 rings (SSSR count). The fourth-order valence-electron chi connectivity index (χ4n) is 1.17. The van der Waals surface area contributed by atoms with Gasteiger partial charge in [0.05, 0.1) is 5.01 Å². The lowest BCUT2D eigenvalue weighted by Gasteiger charge is -2.13. The Labute approximate surface area is 102 Å². The molecule has 16 heavy (non-hydrogen) atoms. The first-order valence-corrected chi connectivity index (χ1v) is 6.64. The highest BCUT2D eigenvalue weighted by Gasteiger charge is 2.19. The lowest BCUT2D eigenvalue weighted by atomic mass is 9.98. The van der Waals surface area contributed by atoms with Gasteiger partial charge in [0.25, 0.3) is 0 Å². The van der Waals surface area contributed by atoms with Gasteiger partial charge in [-0.25, -0.2) is 9.97 Å². The SMILES string of the molecule is CC(C)(C)c1nc(-c2nc(C=O)cs2)cs1. The van der Waals surface area contributed by atoms with Gasteiger partial charge in [-0.3, -0.25) is 4.79 Å². The summed E-state index contributed by atoms with van der Waals surface area (Å²) in [7, 11) is 0. The lowest BCUT2D eigenvalue weighted by Crippen LogP contribution is -2.10. The highest BCUT2D eigenvalue weighted by Crippen LogP contribution is 2.30. The number of hydrogen-bond acceptors (Lipinski definition) is 5. The van der Waals surface area contributed by atoms with Crippen molar-refractivity contribution in [2.75, 3.05) is 0 Å². The molecular formula is C11H12N2OS2. The lowest BCUT2D eigenvalue weighted by molar-refractivity contribution is 0.111. The highest BCUT2D eigenvalue weighted by molar-refractivity contribution is 7.14. The first kappa shape index (κ1) is 11.4. The average molecular weight is 252 g/mol. The second kappa shape index (κ2) is 4.07. The van der Waals surface area contributed by atoms with Crippen LogP contribution in [0.1, 0.15) is 36.3 Å². The molecule has 84 valence electrons. The molecule has 0 unspecified atom stereocenters. The molecule has 0 bridgehead atoms. The van der Waals surface area contributed by atoms with E-state index in [4.69, 9.17) is 0 Å². The van der Waals surface area contributed by atoms with Crippen molar-refractivity contribution < 1.29 is 4.79 Å². The maximum atomic E-state index is 10.5. The van der Waals surface area contributed by atoms with Crippen molar-refractivity contribution in [3.8, 4) is 10.7 Å². The number of aromatic nitrogens is 2. The molecule has 0 spiro atoms. The number of nitrogens with zero attached hydrogens (tertiary/aromatic N) is 2. The third kappa shape index (κ3) is 2.20. The summed E-state index contributed by atoms with van der Waals surface area (Å²) in [6, 6.07) is 0. The fourth-order valence-corrected chi connectivity index (χ4v) is 2.87. The van der Waals surface area contributed by atoms with Crippen LogP contribution in [0.15, 0.2) is 10.8 Å². The number of carbonyl (C=O) groups excluding carboxylic acids is 1. The highest BCUT2D eigenvalue weighted by atomic mass is 32.1. The van der Waals surface area contributed by atoms with E-state index in [1.165, 1.54) is 11.3 Å². The van der Waals surface area contributed by atoms with Crippen LogP contribution in [0.2, 0.25) is 0 Å². The topological polar surface area (TPSA) is 42.9 Å². The Balaban J connectivity index is 2.35. The number of carbonyl (C=O) groups is 1. The smallest absolute Gasteiger partial charge is 0.169 e. The summed E-state index contributed by atoms with van der Waals surface area (Å²) >= 11 is 3.09. The molecular weight excluding hydrogens is 240 g/mol. The largest absolute Gasteiger partial charge is 0.296 e. The standard InChI is InChI=1S/C11H12N2OS2/c1-11(2,3)10-13-8(6-16-10)9-12-7(4-14)5-15-9/h4-6H,1-3H3. The Morgan fingerprint density at radius 3 is 2.44 bits per heavy atom. The van der Waals surface area contributed by atoms with E-state index in [2.05, 4.69) is 30.7 Å². The number of rotatable bonds is 2. The molecule has 0 aromatic carbocycles. The van der Waals surface area contributed by atoms with Gasteiger partial charge < -0.3 is 0 Å². The molecule has 0 amide bonds. The summed E-state index contributed by atoms with van der Waals surface area (Å²) in [6.07, 6.45) is 0.761. The number of hydrogen-bond donors (Lipinski definition) is 0. The van der Waals surface area contributed by atoms with Crippen LogP contribution in [-0.4, -0.2) is 16.3 Å². The Bertz CT molecular complexity index is 508. The van der Waals surface area contributed by atoms with Gasteiger partial charge >= 0.3 is 0 Å². The van der Waals surface area contributed by atoms with Crippen LogP contribution < -0.4 is 0 Å². The Morgan fingerprint density at radius 1 is 1.19 bits per heavy atom. The van der Waals surface area contributed by atoms with E-state index in [9.17, 15) is 4.79 Å². The third-order valence-electron chi connectivity index (χ3n) is 2.01. The molecule has 0 radical (unpaired) electrons. The minimum absolute atomic E-state index is 0.0632.